The third kappa shape index (κ3) is 3.46. The Kier molecular flexibility index (Phi) is 4.29. The Bertz CT molecular complexity index is 514. The Morgan fingerprint density at radius 1 is 1.50 bits per heavy atom. The molecule has 1 aliphatic heterocycles. The van der Waals surface area contributed by atoms with Crippen molar-refractivity contribution in [3.8, 4) is 0 Å². The number of aliphatic hydroxyl groups is 1. The average Bonchev–Trinajstić information content (AvgIpc) is 2.32. The smallest absolute Gasteiger partial charge is 0.322 e. The van der Waals surface area contributed by atoms with Gasteiger partial charge in [0.15, 0.2) is 5.82 Å². The van der Waals surface area contributed by atoms with E-state index in [9.17, 15) is 18.7 Å². The second kappa shape index (κ2) is 5.65. The van der Waals surface area contributed by atoms with Crippen LogP contribution in [0.25, 0.3) is 0 Å². The lowest BCUT2D eigenvalue weighted by Crippen LogP contribution is -2.50. The molecule has 1 aromatic carbocycles. The SMILES string of the molecule is C[C@]1(O)CCCN(C(=O)Nc2c(F)cc(F)cc2Br)C1. The second-order valence-electron chi connectivity index (χ2n) is 5.20. The number of likely N-dealkylation sites (tertiary alicyclic amines) is 1. The first-order valence-electron chi connectivity index (χ1n) is 6.21. The summed E-state index contributed by atoms with van der Waals surface area (Å²) in [7, 11) is 0. The lowest BCUT2D eigenvalue weighted by Gasteiger charge is -2.36. The molecule has 2 N–H and O–H groups in total. The summed E-state index contributed by atoms with van der Waals surface area (Å²) >= 11 is 3.01. The van der Waals surface area contributed by atoms with E-state index in [0.29, 0.717) is 25.5 Å². The van der Waals surface area contributed by atoms with Crippen LogP contribution in [-0.4, -0.2) is 34.7 Å². The Hall–Kier alpha value is -1.21. The number of nitrogens with zero attached hydrogens (tertiary/aromatic N) is 1. The van der Waals surface area contributed by atoms with Crippen LogP contribution in [0, 0.1) is 11.6 Å². The molecule has 1 heterocycles. The minimum Gasteiger partial charge on any atom is -0.388 e. The first-order valence-corrected chi connectivity index (χ1v) is 7.01. The quantitative estimate of drug-likeness (QED) is 0.819. The van der Waals surface area contributed by atoms with Gasteiger partial charge in [-0.25, -0.2) is 13.6 Å². The van der Waals surface area contributed by atoms with Gasteiger partial charge in [0, 0.05) is 17.1 Å². The predicted octanol–water partition coefficient (Wildman–Crippen LogP) is 3.11. The standard InChI is InChI=1S/C13H15BrF2N2O2/c1-13(20)3-2-4-18(7-13)12(19)17-11-9(14)5-8(15)6-10(11)16/h5-6,20H,2-4,7H2,1H3,(H,17,19)/t13-/m0/s1. The molecule has 0 unspecified atom stereocenters. The summed E-state index contributed by atoms with van der Waals surface area (Å²) in [4.78, 5) is 13.5. The number of hydrogen-bond donors (Lipinski definition) is 2. The molecule has 1 atom stereocenters. The first-order chi connectivity index (χ1) is 9.28. The van der Waals surface area contributed by atoms with Gasteiger partial charge in [0.1, 0.15) is 5.82 Å². The number of carbonyl (C=O) groups excluding carboxylic acids is 1. The van der Waals surface area contributed by atoms with Crippen LogP contribution in [0.2, 0.25) is 0 Å². The highest BCUT2D eigenvalue weighted by Gasteiger charge is 2.31. The average molecular weight is 349 g/mol. The van der Waals surface area contributed by atoms with Gasteiger partial charge < -0.3 is 15.3 Å². The number of benzene rings is 1. The molecule has 0 radical (unpaired) electrons. The molecule has 1 saturated heterocycles. The third-order valence-corrected chi connectivity index (χ3v) is 3.83. The predicted molar refractivity (Wildman–Crippen MR) is 74.5 cm³/mol. The lowest BCUT2D eigenvalue weighted by atomic mass is 9.95. The second-order valence-corrected chi connectivity index (χ2v) is 6.05. The molecule has 4 nitrogen and oxygen atoms in total. The van der Waals surface area contributed by atoms with Crippen molar-refractivity contribution < 1.29 is 18.7 Å². The van der Waals surface area contributed by atoms with Crippen molar-refractivity contribution in [1.82, 2.24) is 4.90 Å². The number of anilines is 1. The summed E-state index contributed by atoms with van der Waals surface area (Å²) in [5, 5.41) is 12.4. The third-order valence-electron chi connectivity index (χ3n) is 3.20. The molecule has 0 saturated carbocycles. The summed E-state index contributed by atoms with van der Waals surface area (Å²) < 4.78 is 26.7. The molecular weight excluding hydrogens is 334 g/mol. The van der Waals surface area contributed by atoms with Crippen LogP contribution in [0.4, 0.5) is 19.3 Å². The molecule has 1 aliphatic rings. The number of halogens is 3. The number of β-amino-alcohol motifs (C(OH)–C–C–N with tert-alkyl or cyclic N) is 1. The highest BCUT2D eigenvalue weighted by atomic mass is 79.9. The van der Waals surface area contributed by atoms with Crippen molar-refractivity contribution in [1.29, 1.82) is 0 Å². The summed E-state index contributed by atoms with van der Waals surface area (Å²) in [5.41, 5.74) is -1.05. The van der Waals surface area contributed by atoms with Crippen molar-refractivity contribution in [3.63, 3.8) is 0 Å². The van der Waals surface area contributed by atoms with Gasteiger partial charge >= 0.3 is 6.03 Å². The minimum atomic E-state index is -0.936. The molecule has 1 fully saturated rings. The van der Waals surface area contributed by atoms with Crippen molar-refractivity contribution in [2.45, 2.75) is 25.4 Å². The fourth-order valence-electron chi connectivity index (χ4n) is 2.24. The zero-order valence-corrected chi connectivity index (χ0v) is 12.5. The molecule has 2 rings (SSSR count). The van der Waals surface area contributed by atoms with Crippen molar-refractivity contribution in [2.75, 3.05) is 18.4 Å². The van der Waals surface area contributed by atoms with Gasteiger partial charge in [-0.2, -0.15) is 0 Å². The zero-order chi connectivity index (χ0) is 14.9. The maximum atomic E-state index is 13.6. The van der Waals surface area contributed by atoms with Gasteiger partial charge in [0.25, 0.3) is 0 Å². The molecule has 2 amide bonds. The van der Waals surface area contributed by atoms with Gasteiger partial charge in [-0.1, -0.05) is 0 Å². The largest absolute Gasteiger partial charge is 0.388 e. The summed E-state index contributed by atoms with van der Waals surface area (Å²) in [6.45, 7) is 2.32. The highest BCUT2D eigenvalue weighted by Crippen LogP contribution is 2.28. The van der Waals surface area contributed by atoms with E-state index in [1.807, 2.05) is 0 Å². The van der Waals surface area contributed by atoms with Crippen LogP contribution in [0.15, 0.2) is 16.6 Å². The number of hydrogen-bond acceptors (Lipinski definition) is 2. The minimum absolute atomic E-state index is 0.110. The Morgan fingerprint density at radius 2 is 2.20 bits per heavy atom. The Labute approximate surface area is 123 Å². The fourth-order valence-corrected chi connectivity index (χ4v) is 2.75. The number of rotatable bonds is 1. The Balaban J connectivity index is 2.12. The number of piperidine rings is 1. The molecule has 0 bridgehead atoms. The van der Waals surface area contributed by atoms with E-state index in [1.54, 1.807) is 6.92 Å². The molecule has 7 heteroatoms. The summed E-state index contributed by atoms with van der Waals surface area (Å²) in [5.74, 6) is -1.58. The summed E-state index contributed by atoms with van der Waals surface area (Å²) in [6, 6.07) is 1.26. The van der Waals surface area contributed by atoms with Gasteiger partial charge in [-0.15, -0.1) is 0 Å². The summed E-state index contributed by atoms with van der Waals surface area (Å²) in [6.07, 6.45) is 1.29. The number of carbonyl (C=O) groups is 1. The lowest BCUT2D eigenvalue weighted by molar-refractivity contribution is -0.000642. The van der Waals surface area contributed by atoms with E-state index < -0.39 is 23.3 Å². The number of amides is 2. The van der Waals surface area contributed by atoms with Crippen molar-refractivity contribution in [3.05, 3.63) is 28.2 Å². The van der Waals surface area contributed by atoms with Crippen LogP contribution in [0.1, 0.15) is 19.8 Å². The monoisotopic (exact) mass is 348 g/mol. The van der Waals surface area contributed by atoms with E-state index in [1.165, 1.54) is 4.90 Å². The van der Waals surface area contributed by atoms with Crippen LogP contribution >= 0.6 is 15.9 Å². The highest BCUT2D eigenvalue weighted by molar-refractivity contribution is 9.10. The molecule has 1 aromatic rings. The maximum Gasteiger partial charge on any atom is 0.322 e. The van der Waals surface area contributed by atoms with Gasteiger partial charge in [-0.3, -0.25) is 0 Å². The molecule has 0 spiro atoms. The molecule has 0 aromatic heterocycles. The first kappa shape index (κ1) is 15.2. The van der Waals surface area contributed by atoms with Crippen LogP contribution in [0.3, 0.4) is 0 Å². The normalized spacial score (nSPS) is 22.8. The topological polar surface area (TPSA) is 52.6 Å². The Morgan fingerprint density at radius 3 is 2.80 bits per heavy atom. The van der Waals surface area contributed by atoms with Crippen LogP contribution in [0.5, 0.6) is 0 Å². The molecule has 110 valence electrons. The molecule has 20 heavy (non-hydrogen) atoms. The maximum absolute atomic E-state index is 13.6. The van der Waals surface area contributed by atoms with Crippen LogP contribution < -0.4 is 5.32 Å². The van der Waals surface area contributed by atoms with E-state index in [0.717, 1.165) is 6.07 Å². The fraction of sp³-hybridized carbons (Fsp3) is 0.462. The van der Waals surface area contributed by atoms with E-state index in [4.69, 9.17) is 0 Å². The zero-order valence-electron chi connectivity index (χ0n) is 10.9. The van der Waals surface area contributed by atoms with Gasteiger partial charge in [0.2, 0.25) is 0 Å². The van der Waals surface area contributed by atoms with Crippen molar-refractivity contribution >= 4 is 27.6 Å². The molecule has 0 aliphatic carbocycles. The van der Waals surface area contributed by atoms with Gasteiger partial charge in [-0.05, 0) is 41.8 Å². The number of nitrogens with one attached hydrogen (secondary N) is 1. The molecular formula is C13H15BrF2N2O2. The van der Waals surface area contributed by atoms with E-state index >= 15 is 0 Å². The van der Waals surface area contributed by atoms with Gasteiger partial charge in [0.05, 0.1) is 17.8 Å². The van der Waals surface area contributed by atoms with E-state index in [2.05, 4.69) is 21.2 Å². The van der Waals surface area contributed by atoms with E-state index in [-0.39, 0.29) is 16.7 Å². The van der Waals surface area contributed by atoms with Crippen molar-refractivity contribution in [2.24, 2.45) is 0 Å². The van der Waals surface area contributed by atoms with Crippen LogP contribution in [-0.2, 0) is 0 Å². The number of urea groups is 1.